The van der Waals surface area contributed by atoms with E-state index in [-0.39, 0.29) is 24.3 Å². The summed E-state index contributed by atoms with van der Waals surface area (Å²) in [5.74, 6) is 0.656. The van der Waals surface area contributed by atoms with E-state index in [4.69, 9.17) is 4.74 Å². The number of thiophene rings is 1. The van der Waals surface area contributed by atoms with Crippen LogP contribution in [0.4, 0.5) is 0 Å². The average molecular weight is 407 g/mol. The molecule has 6 heteroatoms. The molecule has 148 valence electrons. The molecule has 2 aromatic carbocycles. The van der Waals surface area contributed by atoms with Crippen LogP contribution in [0.15, 0.2) is 66.0 Å². The molecular formula is C23H22N2O3S. The summed E-state index contributed by atoms with van der Waals surface area (Å²) in [6.07, 6.45) is 0.226. The molecule has 0 unspecified atom stereocenters. The van der Waals surface area contributed by atoms with E-state index < -0.39 is 0 Å². The predicted octanol–water partition coefficient (Wildman–Crippen LogP) is 4.16. The smallest absolute Gasteiger partial charge is 0.255 e. The summed E-state index contributed by atoms with van der Waals surface area (Å²) in [5.41, 5.74) is 2.71. The highest BCUT2D eigenvalue weighted by Gasteiger charge is 2.34. The molecule has 0 saturated carbocycles. The number of hydrogen-bond donors (Lipinski definition) is 1. The third-order valence-electron chi connectivity index (χ3n) is 5.10. The zero-order chi connectivity index (χ0) is 20.2. The van der Waals surface area contributed by atoms with E-state index in [9.17, 15) is 9.59 Å². The van der Waals surface area contributed by atoms with Crippen LogP contribution in [0.2, 0.25) is 0 Å². The zero-order valence-corrected chi connectivity index (χ0v) is 16.9. The number of carbonyl (C=O) groups is 2. The summed E-state index contributed by atoms with van der Waals surface area (Å²) in [5, 5.41) is 4.95. The second-order valence-electron chi connectivity index (χ2n) is 6.95. The Labute approximate surface area is 173 Å². The third-order valence-corrected chi connectivity index (χ3v) is 6.07. The number of fused-ring (bicyclic) bond motifs is 1. The molecule has 1 aliphatic heterocycles. The average Bonchev–Trinajstić information content (AvgIpc) is 3.40. The third kappa shape index (κ3) is 4.17. The lowest BCUT2D eigenvalue weighted by molar-refractivity contribution is -0.122. The summed E-state index contributed by atoms with van der Waals surface area (Å²) in [4.78, 5) is 28.5. The van der Waals surface area contributed by atoms with Crippen molar-refractivity contribution >= 4 is 23.2 Å². The molecule has 3 aromatic rings. The van der Waals surface area contributed by atoms with Crippen molar-refractivity contribution in [3.05, 3.63) is 87.6 Å². The number of hydrogen-bond acceptors (Lipinski definition) is 4. The van der Waals surface area contributed by atoms with Crippen LogP contribution in [0.1, 0.15) is 38.8 Å². The standard InChI is InChI=1S/C23H22N2O3S/c1-28-18-8-4-6-16(12-18)14-24-22(26)13-20(21-10-5-11-29-21)25-15-17-7-2-3-9-19(17)23(25)27/h2-12,20H,13-15H2,1H3,(H,24,26)/t20-/m1/s1. The number of methoxy groups -OCH3 is 1. The van der Waals surface area contributed by atoms with Crippen LogP contribution >= 0.6 is 11.3 Å². The molecule has 1 aromatic heterocycles. The van der Waals surface area contributed by atoms with Gasteiger partial charge in [-0.25, -0.2) is 0 Å². The molecule has 0 spiro atoms. The monoisotopic (exact) mass is 406 g/mol. The van der Waals surface area contributed by atoms with Crippen LogP contribution < -0.4 is 10.1 Å². The van der Waals surface area contributed by atoms with Crippen molar-refractivity contribution in [3.8, 4) is 5.75 Å². The van der Waals surface area contributed by atoms with Gasteiger partial charge in [0.15, 0.2) is 0 Å². The number of amides is 2. The predicted molar refractivity (Wildman–Crippen MR) is 113 cm³/mol. The van der Waals surface area contributed by atoms with Crippen molar-refractivity contribution in [1.82, 2.24) is 10.2 Å². The van der Waals surface area contributed by atoms with Gasteiger partial charge < -0.3 is 15.0 Å². The molecule has 1 atom stereocenters. The van der Waals surface area contributed by atoms with Gasteiger partial charge in [0.2, 0.25) is 5.91 Å². The van der Waals surface area contributed by atoms with Crippen molar-refractivity contribution in [3.63, 3.8) is 0 Å². The van der Waals surface area contributed by atoms with Gasteiger partial charge in [0, 0.05) is 23.5 Å². The fraction of sp³-hybridized carbons (Fsp3) is 0.217. The van der Waals surface area contributed by atoms with Crippen molar-refractivity contribution in [1.29, 1.82) is 0 Å². The lowest BCUT2D eigenvalue weighted by Crippen LogP contribution is -2.33. The lowest BCUT2D eigenvalue weighted by Gasteiger charge is -2.26. The van der Waals surface area contributed by atoms with Gasteiger partial charge in [-0.1, -0.05) is 36.4 Å². The first-order valence-electron chi connectivity index (χ1n) is 9.47. The summed E-state index contributed by atoms with van der Waals surface area (Å²) >= 11 is 1.57. The molecule has 1 N–H and O–H groups in total. The van der Waals surface area contributed by atoms with E-state index >= 15 is 0 Å². The first kappa shape index (κ1) is 19.2. The number of nitrogens with one attached hydrogen (secondary N) is 1. The Hall–Kier alpha value is -3.12. The van der Waals surface area contributed by atoms with Crippen molar-refractivity contribution < 1.29 is 14.3 Å². The highest BCUT2D eigenvalue weighted by atomic mass is 32.1. The van der Waals surface area contributed by atoms with Crippen molar-refractivity contribution in [2.75, 3.05) is 7.11 Å². The molecule has 2 heterocycles. The van der Waals surface area contributed by atoms with Gasteiger partial charge in [-0.3, -0.25) is 9.59 Å². The van der Waals surface area contributed by atoms with Gasteiger partial charge in [-0.15, -0.1) is 11.3 Å². The fourth-order valence-corrected chi connectivity index (χ4v) is 4.44. The molecule has 0 fully saturated rings. The molecule has 2 amide bonds. The first-order valence-corrected chi connectivity index (χ1v) is 10.4. The quantitative estimate of drug-likeness (QED) is 0.641. The maximum Gasteiger partial charge on any atom is 0.255 e. The van der Waals surface area contributed by atoms with Gasteiger partial charge in [0.25, 0.3) is 5.91 Å². The molecule has 0 bridgehead atoms. The van der Waals surface area contributed by atoms with Crippen LogP contribution in [-0.4, -0.2) is 23.8 Å². The molecular weight excluding hydrogens is 384 g/mol. The van der Waals surface area contributed by atoms with E-state index in [2.05, 4.69) is 5.32 Å². The SMILES string of the molecule is COc1cccc(CNC(=O)C[C@H](c2cccs2)N2Cc3ccccc3C2=O)c1. The maximum absolute atomic E-state index is 12.9. The Kier molecular flexibility index (Phi) is 5.62. The summed E-state index contributed by atoms with van der Waals surface area (Å²) in [6, 6.07) is 18.9. The van der Waals surface area contributed by atoms with E-state index in [1.807, 2.05) is 70.9 Å². The van der Waals surface area contributed by atoms with Crippen LogP contribution in [-0.2, 0) is 17.9 Å². The Morgan fingerprint density at radius 3 is 2.79 bits per heavy atom. The minimum atomic E-state index is -0.278. The summed E-state index contributed by atoms with van der Waals surface area (Å²) in [6.45, 7) is 0.947. The fourth-order valence-electron chi connectivity index (χ4n) is 3.60. The molecule has 1 aliphatic rings. The van der Waals surface area contributed by atoms with E-state index in [0.29, 0.717) is 13.1 Å². The van der Waals surface area contributed by atoms with Crippen LogP contribution in [0.5, 0.6) is 5.75 Å². The zero-order valence-electron chi connectivity index (χ0n) is 16.1. The summed E-state index contributed by atoms with van der Waals surface area (Å²) in [7, 11) is 1.62. The van der Waals surface area contributed by atoms with Crippen molar-refractivity contribution in [2.45, 2.75) is 25.6 Å². The minimum Gasteiger partial charge on any atom is -0.497 e. The van der Waals surface area contributed by atoms with E-state index in [0.717, 1.165) is 27.3 Å². The van der Waals surface area contributed by atoms with Gasteiger partial charge in [-0.2, -0.15) is 0 Å². The van der Waals surface area contributed by atoms with Gasteiger partial charge >= 0.3 is 0 Å². The largest absolute Gasteiger partial charge is 0.497 e. The van der Waals surface area contributed by atoms with Crippen molar-refractivity contribution in [2.24, 2.45) is 0 Å². The second-order valence-corrected chi connectivity index (χ2v) is 7.93. The Morgan fingerprint density at radius 2 is 2.03 bits per heavy atom. The molecule has 4 rings (SSSR count). The number of nitrogens with zero attached hydrogens (tertiary/aromatic N) is 1. The molecule has 0 radical (unpaired) electrons. The number of benzene rings is 2. The van der Waals surface area contributed by atoms with E-state index in [1.165, 1.54) is 0 Å². The molecule has 0 saturated heterocycles. The highest BCUT2D eigenvalue weighted by molar-refractivity contribution is 7.10. The number of carbonyl (C=O) groups excluding carboxylic acids is 2. The van der Waals surface area contributed by atoms with Gasteiger partial charge in [0.05, 0.1) is 19.6 Å². The molecule has 5 nitrogen and oxygen atoms in total. The second kappa shape index (κ2) is 8.49. The Bertz CT molecular complexity index is 1020. The first-order chi connectivity index (χ1) is 14.2. The Morgan fingerprint density at radius 1 is 1.17 bits per heavy atom. The van der Waals surface area contributed by atoms with Gasteiger partial charge in [0.1, 0.15) is 5.75 Å². The van der Waals surface area contributed by atoms with Crippen LogP contribution in [0, 0.1) is 0 Å². The normalized spacial score (nSPS) is 13.8. The lowest BCUT2D eigenvalue weighted by atomic mass is 10.1. The topological polar surface area (TPSA) is 58.6 Å². The number of rotatable bonds is 7. The minimum absolute atomic E-state index is 0.0143. The van der Waals surface area contributed by atoms with Gasteiger partial charge in [-0.05, 0) is 40.8 Å². The van der Waals surface area contributed by atoms with Crippen LogP contribution in [0.25, 0.3) is 0 Å². The molecule has 29 heavy (non-hydrogen) atoms. The van der Waals surface area contributed by atoms with E-state index in [1.54, 1.807) is 18.4 Å². The Balaban J connectivity index is 1.47. The van der Waals surface area contributed by atoms with Crippen LogP contribution in [0.3, 0.4) is 0 Å². The molecule has 0 aliphatic carbocycles. The highest BCUT2D eigenvalue weighted by Crippen LogP contribution is 2.35. The number of ether oxygens (including phenoxy) is 1. The summed E-state index contributed by atoms with van der Waals surface area (Å²) < 4.78 is 5.23. The maximum atomic E-state index is 12.9.